The third-order valence-corrected chi connectivity index (χ3v) is 3.93. The van der Waals surface area contributed by atoms with Gasteiger partial charge in [-0.05, 0) is 33.1 Å². The van der Waals surface area contributed by atoms with Crippen LogP contribution in [0.5, 0.6) is 0 Å². The summed E-state index contributed by atoms with van der Waals surface area (Å²) in [5.74, 6) is -2.09. The maximum Gasteiger partial charge on any atom is 0.322 e. The Bertz CT molecular complexity index is 592. The van der Waals surface area contributed by atoms with E-state index in [0.29, 0.717) is 6.61 Å². The van der Waals surface area contributed by atoms with Gasteiger partial charge < -0.3 is 36.2 Å². The van der Waals surface area contributed by atoms with Crippen LogP contribution in [0.25, 0.3) is 0 Å². The number of nitrogens with one attached hydrogen (secondary N) is 4. The Morgan fingerprint density at radius 3 is 2.07 bits per heavy atom. The molecule has 0 unspecified atom stereocenters. The lowest BCUT2D eigenvalue weighted by Gasteiger charge is -2.23. The molecule has 10 nitrogen and oxygen atoms in total. The Morgan fingerprint density at radius 1 is 0.867 bits per heavy atom. The van der Waals surface area contributed by atoms with Crippen molar-refractivity contribution >= 4 is 17.8 Å². The van der Waals surface area contributed by atoms with E-state index in [4.69, 9.17) is 14.9 Å². The second-order valence-electron chi connectivity index (χ2n) is 7.45. The second-order valence-corrected chi connectivity index (χ2v) is 7.45. The number of carboxylic acids is 1. The van der Waals surface area contributed by atoms with E-state index in [0.717, 1.165) is 43.6 Å². The van der Waals surface area contributed by atoms with E-state index in [1.807, 2.05) is 13.8 Å². The fourth-order valence-corrected chi connectivity index (χ4v) is 2.06. The number of aliphatic hydroxyl groups excluding tert-OH is 1. The molecular weight excluding hydrogens is 392 g/mol. The number of allylic oxidation sites excluding steroid dienone is 1. The summed E-state index contributed by atoms with van der Waals surface area (Å²) in [6.07, 6.45) is 3.55. The van der Waals surface area contributed by atoms with Crippen molar-refractivity contribution in [1.29, 1.82) is 0 Å². The lowest BCUT2D eigenvalue weighted by molar-refractivity contribution is -0.137. The van der Waals surface area contributed by atoms with Gasteiger partial charge in [0, 0.05) is 17.9 Å². The van der Waals surface area contributed by atoms with Crippen molar-refractivity contribution in [3.63, 3.8) is 0 Å². The molecule has 0 saturated heterocycles. The highest BCUT2D eigenvalue weighted by molar-refractivity contribution is 5.87. The first-order valence-corrected chi connectivity index (χ1v) is 9.89. The average Bonchev–Trinajstić information content (AvgIpc) is 2.70. The van der Waals surface area contributed by atoms with Gasteiger partial charge in [0.1, 0.15) is 6.54 Å². The molecule has 0 spiro atoms. The molecule has 0 aliphatic rings. The monoisotopic (exact) mass is 428 g/mol. The zero-order chi connectivity index (χ0) is 23.0. The van der Waals surface area contributed by atoms with Gasteiger partial charge in [0.15, 0.2) is 0 Å². The van der Waals surface area contributed by atoms with Crippen LogP contribution in [-0.4, -0.2) is 73.0 Å². The summed E-state index contributed by atoms with van der Waals surface area (Å²) in [6.45, 7) is 11.7. The number of unbranched alkanes of at least 4 members (excludes halogenated alkanes) is 2. The van der Waals surface area contributed by atoms with Crippen LogP contribution in [0.15, 0.2) is 24.6 Å². The molecule has 0 heterocycles. The smallest absolute Gasteiger partial charge is 0.322 e. The summed E-state index contributed by atoms with van der Waals surface area (Å²) in [5, 5.41) is 28.2. The second kappa shape index (κ2) is 15.3. The summed E-state index contributed by atoms with van der Waals surface area (Å²) in [6, 6.07) is 0. The number of rotatable bonds is 18. The number of ether oxygens (including phenoxy) is 1. The van der Waals surface area contributed by atoms with Gasteiger partial charge in [-0.15, -0.1) is 0 Å². The topological polar surface area (TPSA) is 149 Å². The average molecular weight is 429 g/mol. The van der Waals surface area contributed by atoms with Crippen molar-refractivity contribution in [2.75, 3.05) is 39.4 Å². The first-order chi connectivity index (χ1) is 14.1. The van der Waals surface area contributed by atoms with Crippen molar-refractivity contribution in [2.24, 2.45) is 0 Å². The highest BCUT2D eigenvalue weighted by Gasteiger charge is 2.16. The molecule has 0 aromatic rings. The first-order valence-electron chi connectivity index (χ1n) is 9.89. The number of hydrogen-bond donors (Lipinski definition) is 6. The Labute approximate surface area is 178 Å². The lowest BCUT2D eigenvalue weighted by atomic mass is 10.1. The standard InChI is InChI=1S/C20H36N4O6/c1-15(22-10-17(26)23-11-18(27)24-12-19(28)29)8-6-5-7-9-21-16(2)13-30-20(3,4)14-25/h21-22,25H,1-2,5-14H2,3-4H3,(H,23,26)(H,24,27)(H,28,29). The Hall–Kier alpha value is -2.59. The van der Waals surface area contributed by atoms with Crippen molar-refractivity contribution in [2.45, 2.75) is 45.1 Å². The van der Waals surface area contributed by atoms with E-state index in [1.165, 1.54) is 0 Å². The SMILES string of the molecule is C=C(CCCCCNC(=C)COC(C)(C)CO)NCC(=O)NCC(=O)NCC(=O)O. The molecule has 0 bridgehead atoms. The summed E-state index contributed by atoms with van der Waals surface area (Å²) in [7, 11) is 0. The van der Waals surface area contributed by atoms with E-state index < -0.39 is 24.0 Å². The third kappa shape index (κ3) is 16.4. The van der Waals surface area contributed by atoms with Crippen molar-refractivity contribution < 1.29 is 29.3 Å². The highest BCUT2D eigenvalue weighted by Crippen LogP contribution is 2.08. The van der Waals surface area contributed by atoms with Gasteiger partial charge in [0.2, 0.25) is 11.8 Å². The molecule has 0 rings (SSSR count). The number of amides is 2. The predicted octanol–water partition coefficient (Wildman–Crippen LogP) is -0.142. The van der Waals surface area contributed by atoms with Gasteiger partial charge in [-0.3, -0.25) is 14.4 Å². The number of aliphatic carboxylic acids is 1. The largest absolute Gasteiger partial charge is 0.480 e. The Kier molecular flexibility index (Phi) is 14.0. The van der Waals surface area contributed by atoms with Gasteiger partial charge in [-0.1, -0.05) is 19.6 Å². The van der Waals surface area contributed by atoms with Gasteiger partial charge in [-0.25, -0.2) is 0 Å². The summed E-state index contributed by atoms with van der Waals surface area (Å²) >= 11 is 0. The molecule has 0 saturated carbocycles. The number of carboxylic acid groups (broad SMARTS) is 1. The fourth-order valence-electron chi connectivity index (χ4n) is 2.06. The molecule has 10 heteroatoms. The van der Waals surface area contributed by atoms with Crippen LogP contribution >= 0.6 is 0 Å². The summed E-state index contributed by atoms with van der Waals surface area (Å²) < 4.78 is 5.54. The van der Waals surface area contributed by atoms with Crippen LogP contribution in [0.4, 0.5) is 0 Å². The number of carbonyl (C=O) groups is 3. The normalized spacial score (nSPS) is 10.8. The molecular formula is C20H36N4O6. The van der Waals surface area contributed by atoms with Gasteiger partial charge in [0.25, 0.3) is 0 Å². The van der Waals surface area contributed by atoms with E-state index in [-0.39, 0.29) is 25.6 Å². The van der Waals surface area contributed by atoms with Crippen LogP contribution in [0.2, 0.25) is 0 Å². The van der Waals surface area contributed by atoms with Crippen molar-refractivity contribution in [3.05, 3.63) is 24.6 Å². The van der Waals surface area contributed by atoms with Crippen molar-refractivity contribution in [1.82, 2.24) is 21.3 Å². The third-order valence-electron chi connectivity index (χ3n) is 3.93. The fraction of sp³-hybridized carbons (Fsp3) is 0.650. The van der Waals surface area contributed by atoms with Gasteiger partial charge in [0.05, 0.1) is 31.9 Å². The minimum atomic E-state index is -1.15. The first kappa shape index (κ1) is 27.4. The number of carbonyl (C=O) groups excluding carboxylic acids is 2. The van der Waals surface area contributed by atoms with Crippen LogP contribution in [0.3, 0.4) is 0 Å². The Morgan fingerprint density at radius 2 is 1.47 bits per heavy atom. The maximum absolute atomic E-state index is 11.7. The lowest BCUT2D eigenvalue weighted by Crippen LogP contribution is -2.41. The minimum Gasteiger partial charge on any atom is -0.480 e. The van der Waals surface area contributed by atoms with E-state index in [1.54, 1.807) is 0 Å². The maximum atomic E-state index is 11.7. The zero-order valence-corrected chi connectivity index (χ0v) is 18.0. The number of hydrogen-bond acceptors (Lipinski definition) is 7. The molecule has 0 aromatic heterocycles. The van der Waals surface area contributed by atoms with Gasteiger partial charge in [-0.2, -0.15) is 0 Å². The molecule has 0 atom stereocenters. The molecule has 6 N–H and O–H groups in total. The molecule has 0 aliphatic carbocycles. The van der Waals surface area contributed by atoms with Crippen LogP contribution in [-0.2, 0) is 19.1 Å². The predicted molar refractivity (Wildman–Crippen MR) is 114 cm³/mol. The molecule has 0 aliphatic heterocycles. The molecule has 0 fully saturated rings. The quantitative estimate of drug-likeness (QED) is 0.165. The van der Waals surface area contributed by atoms with Crippen LogP contribution < -0.4 is 21.3 Å². The molecule has 30 heavy (non-hydrogen) atoms. The van der Waals surface area contributed by atoms with E-state index >= 15 is 0 Å². The van der Waals surface area contributed by atoms with Crippen LogP contribution in [0, 0.1) is 0 Å². The highest BCUT2D eigenvalue weighted by atomic mass is 16.5. The molecule has 0 radical (unpaired) electrons. The van der Waals surface area contributed by atoms with Crippen molar-refractivity contribution in [3.8, 4) is 0 Å². The molecule has 2 amide bonds. The molecule has 0 aromatic carbocycles. The van der Waals surface area contributed by atoms with E-state index in [2.05, 4.69) is 34.4 Å². The van der Waals surface area contributed by atoms with Gasteiger partial charge >= 0.3 is 5.97 Å². The van der Waals surface area contributed by atoms with Crippen LogP contribution in [0.1, 0.15) is 39.5 Å². The number of aliphatic hydroxyl groups is 1. The summed E-state index contributed by atoms with van der Waals surface area (Å²) in [5.41, 5.74) is 0.921. The zero-order valence-electron chi connectivity index (χ0n) is 18.0. The Balaban J connectivity index is 3.67. The minimum absolute atomic E-state index is 0.00336. The molecule has 172 valence electrons. The van der Waals surface area contributed by atoms with E-state index in [9.17, 15) is 14.4 Å². The summed E-state index contributed by atoms with van der Waals surface area (Å²) in [4.78, 5) is 33.3.